The summed E-state index contributed by atoms with van der Waals surface area (Å²) in [5, 5.41) is 11.0. The predicted molar refractivity (Wildman–Crippen MR) is 85.0 cm³/mol. The van der Waals surface area contributed by atoms with Crippen molar-refractivity contribution < 1.29 is 9.72 Å². The van der Waals surface area contributed by atoms with Gasteiger partial charge in [-0.05, 0) is 25.8 Å². The van der Waals surface area contributed by atoms with Crippen molar-refractivity contribution in [3.8, 4) is 0 Å². The zero-order valence-corrected chi connectivity index (χ0v) is 12.7. The number of amidine groups is 2. The molecule has 1 aromatic rings. The quantitative estimate of drug-likeness (QED) is 0.620. The van der Waals surface area contributed by atoms with E-state index >= 15 is 0 Å². The highest BCUT2D eigenvalue weighted by atomic mass is 16.6. The van der Waals surface area contributed by atoms with E-state index in [1.54, 1.807) is 6.07 Å². The van der Waals surface area contributed by atoms with E-state index < -0.39 is 11.0 Å². The first kappa shape index (κ1) is 14.0. The van der Waals surface area contributed by atoms with Crippen LogP contribution in [0.4, 0.5) is 11.4 Å². The second kappa shape index (κ2) is 4.97. The Kier molecular flexibility index (Phi) is 3.04. The van der Waals surface area contributed by atoms with Gasteiger partial charge in [0.1, 0.15) is 17.7 Å². The molecule has 0 aromatic heterocycles. The summed E-state index contributed by atoms with van der Waals surface area (Å²) in [7, 11) is 0. The van der Waals surface area contributed by atoms with Crippen LogP contribution in [0.5, 0.6) is 0 Å². The number of hydrogen-bond donors (Lipinski definition) is 0. The van der Waals surface area contributed by atoms with E-state index in [1.807, 2.05) is 11.8 Å². The lowest BCUT2D eigenvalue weighted by Crippen LogP contribution is -2.45. The molecule has 0 radical (unpaired) electrons. The molecule has 2 aliphatic heterocycles. The van der Waals surface area contributed by atoms with Crippen molar-refractivity contribution in [3.05, 3.63) is 33.9 Å². The Morgan fingerprint density at radius 3 is 2.70 bits per heavy atom. The summed E-state index contributed by atoms with van der Waals surface area (Å²) in [5.41, 5.74) is 1.21. The number of aliphatic imine (C=N–C) groups is 2. The van der Waals surface area contributed by atoms with Crippen LogP contribution in [0.15, 0.2) is 28.2 Å². The van der Waals surface area contributed by atoms with E-state index in [2.05, 4.69) is 4.99 Å². The largest absolute Gasteiger partial charge is 0.301 e. The Labute approximate surface area is 132 Å². The highest BCUT2D eigenvalue weighted by molar-refractivity contribution is 6.23. The SMILES string of the molecule is CC1C(=O)N=C2c3cc([N+](=O)[O-])ccc3N=C(C3CCCC3)N21. The Morgan fingerprint density at radius 1 is 1.26 bits per heavy atom. The highest BCUT2D eigenvalue weighted by Gasteiger charge is 2.42. The fourth-order valence-electron chi connectivity index (χ4n) is 3.61. The molecule has 1 aromatic carbocycles. The monoisotopic (exact) mass is 312 g/mol. The van der Waals surface area contributed by atoms with Crippen molar-refractivity contribution in [2.45, 2.75) is 38.6 Å². The number of fused-ring (bicyclic) bond motifs is 3. The Bertz CT molecular complexity index is 778. The van der Waals surface area contributed by atoms with Gasteiger partial charge in [-0.1, -0.05) is 12.8 Å². The van der Waals surface area contributed by atoms with E-state index in [0.29, 0.717) is 23.0 Å². The third kappa shape index (κ3) is 2.07. The van der Waals surface area contributed by atoms with Gasteiger partial charge in [0.15, 0.2) is 0 Å². The van der Waals surface area contributed by atoms with Gasteiger partial charge in [0.25, 0.3) is 11.6 Å². The van der Waals surface area contributed by atoms with Gasteiger partial charge in [-0.25, -0.2) is 4.99 Å². The Balaban J connectivity index is 1.88. The molecule has 0 spiro atoms. The average molecular weight is 312 g/mol. The van der Waals surface area contributed by atoms with Crippen LogP contribution in [-0.4, -0.2) is 33.4 Å². The first-order valence-corrected chi connectivity index (χ1v) is 7.85. The standard InChI is InChI=1S/C16H16N4O3/c1-9-16(21)18-15-12-8-11(20(22)23)6-7-13(12)17-14(19(9)15)10-4-2-3-5-10/h6-10H,2-5H2,1H3. The molecule has 7 nitrogen and oxygen atoms in total. The number of benzene rings is 1. The molecule has 1 aliphatic carbocycles. The molecule has 0 N–H and O–H groups in total. The zero-order chi connectivity index (χ0) is 16.1. The van der Waals surface area contributed by atoms with Gasteiger partial charge in [0.05, 0.1) is 16.2 Å². The van der Waals surface area contributed by atoms with E-state index in [4.69, 9.17) is 4.99 Å². The molecular weight excluding hydrogens is 296 g/mol. The number of non-ortho nitro benzene ring substituents is 1. The van der Waals surface area contributed by atoms with Crippen LogP contribution in [0.25, 0.3) is 0 Å². The molecule has 1 atom stereocenters. The Morgan fingerprint density at radius 2 is 2.00 bits per heavy atom. The van der Waals surface area contributed by atoms with Gasteiger partial charge in [0, 0.05) is 18.1 Å². The first-order chi connectivity index (χ1) is 11.1. The van der Waals surface area contributed by atoms with Gasteiger partial charge < -0.3 is 4.90 Å². The fourth-order valence-corrected chi connectivity index (χ4v) is 3.61. The van der Waals surface area contributed by atoms with Gasteiger partial charge in [-0.15, -0.1) is 0 Å². The first-order valence-electron chi connectivity index (χ1n) is 7.85. The number of rotatable bonds is 2. The number of amides is 1. The van der Waals surface area contributed by atoms with Crippen molar-refractivity contribution in [2.75, 3.05) is 0 Å². The molecule has 118 valence electrons. The normalized spacial score (nSPS) is 23.4. The predicted octanol–water partition coefficient (Wildman–Crippen LogP) is 2.81. The molecule has 3 aliphatic rings. The second-order valence-corrected chi connectivity index (χ2v) is 6.23. The number of hydrogen-bond acceptors (Lipinski definition) is 5. The molecule has 2 heterocycles. The number of carbonyl (C=O) groups excluding carboxylic acids is 1. The maximum atomic E-state index is 12.1. The van der Waals surface area contributed by atoms with Gasteiger partial charge >= 0.3 is 0 Å². The van der Waals surface area contributed by atoms with Crippen LogP contribution >= 0.6 is 0 Å². The average Bonchev–Trinajstić information content (AvgIpc) is 3.16. The zero-order valence-electron chi connectivity index (χ0n) is 12.7. The summed E-state index contributed by atoms with van der Waals surface area (Å²) in [6.45, 7) is 1.81. The van der Waals surface area contributed by atoms with Gasteiger partial charge in [0.2, 0.25) is 0 Å². The second-order valence-electron chi connectivity index (χ2n) is 6.23. The summed E-state index contributed by atoms with van der Waals surface area (Å²) >= 11 is 0. The smallest absolute Gasteiger partial charge is 0.270 e. The maximum Gasteiger partial charge on any atom is 0.270 e. The summed E-state index contributed by atoms with van der Waals surface area (Å²) < 4.78 is 0. The summed E-state index contributed by atoms with van der Waals surface area (Å²) in [6, 6.07) is 4.17. The molecule has 1 amide bonds. The number of carbonyl (C=O) groups is 1. The summed E-state index contributed by atoms with van der Waals surface area (Å²) in [4.78, 5) is 33.5. The van der Waals surface area contributed by atoms with Crippen LogP contribution in [0.3, 0.4) is 0 Å². The lowest BCUT2D eigenvalue weighted by atomic mass is 10.0. The molecule has 1 unspecified atom stereocenters. The highest BCUT2D eigenvalue weighted by Crippen LogP contribution is 2.38. The molecular formula is C16H16N4O3. The van der Waals surface area contributed by atoms with Crippen LogP contribution in [0, 0.1) is 16.0 Å². The van der Waals surface area contributed by atoms with Gasteiger partial charge in [-0.3, -0.25) is 14.9 Å². The van der Waals surface area contributed by atoms with Crippen LogP contribution < -0.4 is 0 Å². The molecule has 1 fully saturated rings. The Hall–Kier alpha value is -2.57. The van der Waals surface area contributed by atoms with Crippen LogP contribution in [0.1, 0.15) is 38.2 Å². The van der Waals surface area contributed by atoms with E-state index in [-0.39, 0.29) is 11.6 Å². The van der Waals surface area contributed by atoms with E-state index in [1.165, 1.54) is 25.0 Å². The minimum atomic E-state index is -0.443. The van der Waals surface area contributed by atoms with Crippen LogP contribution in [0.2, 0.25) is 0 Å². The summed E-state index contributed by atoms with van der Waals surface area (Å²) in [5.74, 6) is 1.51. The molecule has 0 bridgehead atoms. The third-order valence-corrected chi connectivity index (χ3v) is 4.82. The van der Waals surface area contributed by atoms with Crippen molar-refractivity contribution >= 4 is 29.0 Å². The molecule has 1 saturated carbocycles. The van der Waals surface area contributed by atoms with Crippen molar-refractivity contribution in [1.82, 2.24) is 4.90 Å². The van der Waals surface area contributed by atoms with Crippen molar-refractivity contribution in [2.24, 2.45) is 15.9 Å². The maximum absolute atomic E-state index is 12.1. The van der Waals surface area contributed by atoms with Gasteiger partial charge in [-0.2, -0.15) is 4.99 Å². The number of nitrogens with zero attached hydrogens (tertiary/aromatic N) is 4. The molecule has 0 saturated heterocycles. The lowest BCUT2D eigenvalue weighted by molar-refractivity contribution is -0.384. The number of nitro groups is 1. The topological polar surface area (TPSA) is 88.2 Å². The van der Waals surface area contributed by atoms with Crippen LogP contribution in [-0.2, 0) is 4.79 Å². The fraction of sp³-hybridized carbons (Fsp3) is 0.438. The van der Waals surface area contributed by atoms with E-state index in [9.17, 15) is 14.9 Å². The summed E-state index contributed by atoms with van der Waals surface area (Å²) in [6.07, 6.45) is 4.45. The molecule has 4 rings (SSSR count). The number of nitro benzene ring substituents is 1. The van der Waals surface area contributed by atoms with E-state index in [0.717, 1.165) is 18.7 Å². The van der Waals surface area contributed by atoms with Crippen molar-refractivity contribution in [1.29, 1.82) is 0 Å². The lowest BCUT2D eigenvalue weighted by Gasteiger charge is -2.32. The molecule has 7 heteroatoms. The van der Waals surface area contributed by atoms with Crippen molar-refractivity contribution in [3.63, 3.8) is 0 Å². The minimum absolute atomic E-state index is 0.0158. The third-order valence-electron chi connectivity index (χ3n) is 4.82. The molecule has 23 heavy (non-hydrogen) atoms. The minimum Gasteiger partial charge on any atom is -0.301 e.